The molecule has 1 aromatic carbocycles. The van der Waals surface area contributed by atoms with Crippen LogP contribution in [0, 0.1) is 0 Å². The number of nitrogens with zero attached hydrogens (tertiary/aromatic N) is 3. The minimum atomic E-state index is 0.423. The van der Waals surface area contributed by atoms with Gasteiger partial charge in [-0.05, 0) is 23.6 Å². The smallest absolute Gasteiger partial charge is 0.135 e. The molecular weight excluding hydrogens is 288 g/mol. The largest absolute Gasteiger partial charge is 0.493 e. The zero-order valence-electron chi connectivity index (χ0n) is 13.9. The van der Waals surface area contributed by atoms with E-state index in [1.807, 2.05) is 0 Å². The van der Waals surface area contributed by atoms with Gasteiger partial charge < -0.3 is 14.6 Å². The molecule has 0 aliphatic carbocycles. The van der Waals surface area contributed by atoms with E-state index in [4.69, 9.17) is 4.74 Å². The van der Waals surface area contributed by atoms with Crippen LogP contribution in [-0.4, -0.2) is 27.4 Å². The maximum Gasteiger partial charge on any atom is 0.135 e. The van der Waals surface area contributed by atoms with E-state index in [9.17, 15) is 0 Å². The quantitative estimate of drug-likeness (QED) is 0.942. The molecule has 0 bridgehead atoms. The molecule has 0 saturated carbocycles. The maximum absolute atomic E-state index is 5.58. The van der Waals surface area contributed by atoms with Crippen molar-refractivity contribution in [3.05, 3.63) is 41.0 Å². The fraction of sp³-hybridized carbons (Fsp3) is 0.556. The van der Waals surface area contributed by atoms with Crippen molar-refractivity contribution in [2.24, 2.45) is 0 Å². The van der Waals surface area contributed by atoms with Crippen LogP contribution in [0.2, 0.25) is 0 Å². The highest BCUT2D eigenvalue weighted by Crippen LogP contribution is 2.26. The number of hydrogen-bond acceptors (Lipinski definition) is 4. The molecule has 0 fully saturated rings. The lowest BCUT2D eigenvalue weighted by Gasteiger charge is -2.26. The first-order chi connectivity index (χ1) is 11.2. The first kappa shape index (κ1) is 14.7. The van der Waals surface area contributed by atoms with Gasteiger partial charge in [0, 0.05) is 37.9 Å². The molecule has 3 heterocycles. The zero-order chi connectivity index (χ0) is 15.8. The SMILES string of the molecule is CC(C)c1nnc2n1C[C@@H](NCc1ccc3c(c1)CCO3)CC2. The van der Waals surface area contributed by atoms with Crippen molar-refractivity contribution < 1.29 is 4.74 Å². The van der Waals surface area contributed by atoms with Gasteiger partial charge in [-0.3, -0.25) is 0 Å². The molecule has 0 spiro atoms. The summed E-state index contributed by atoms with van der Waals surface area (Å²) in [5.74, 6) is 3.73. The zero-order valence-corrected chi connectivity index (χ0v) is 13.9. The van der Waals surface area contributed by atoms with Gasteiger partial charge in [-0.15, -0.1) is 10.2 Å². The van der Waals surface area contributed by atoms with Gasteiger partial charge in [-0.2, -0.15) is 0 Å². The molecule has 2 aromatic rings. The molecule has 0 saturated heterocycles. The molecule has 0 amide bonds. The number of benzene rings is 1. The molecule has 0 radical (unpaired) electrons. The fourth-order valence-electron chi connectivity index (χ4n) is 3.55. The van der Waals surface area contributed by atoms with Gasteiger partial charge in [-0.25, -0.2) is 0 Å². The molecule has 2 aliphatic rings. The highest BCUT2D eigenvalue weighted by molar-refractivity contribution is 5.39. The molecule has 5 heteroatoms. The summed E-state index contributed by atoms with van der Waals surface area (Å²) in [6.07, 6.45) is 3.17. The average Bonchev–Trinajstić information content (AvgIpc) is 3.18. The Labute approximate surface area is 137 Å². The highest BCUT2D eigenvalue weighted by atomic mass is 16.5. The van der Waals surface area contributed by atoms with Crippen molar-refractivity contribution in [3.63, 3.8) is 0 Å². The molecule has 2 aliphatic heterocycles. The molecule has 23 heavy (non-hydrogen) atoms. The first-order valence-electron chi connectivity index (χ1n) is 8.60. The molecule has 1 N–H and O–H groups in total. The second-order valence-corrected chi connectivity index (χ2v) is 6.90. The minimum Gasteiger partial charge on any atom is -0.493 e. The number of ether oxygens (including phenoxy) is 1. The van der Waals surface area contributed by atoms with Crippen LogP contribution in [0.1, 0.15) is 49.0 Å². The molecule has 5 nitrogen and oxygen atoms in total. The van der Waals surface area contributed by atoms with Gasteiger partial charge in [0.1, 0.15) is 17.4 Å². The summed E-state index contributed by atoms with van der Waals surface area (Å²) < 4.78 is 7.88. The second kappa shape index (κ2) is 5.96. The van der Waals surface area contributed by atoms with Gasteiger partial charge in [0.25, 0.3) is 0 Å². The highest BCUT2D eigenvalue weighted by Gasteiger charge is 2.23. The first-order valence-corrected chi connectivity index (χ1v) is 8.60. The molecule has 4 rings (SSSR count). The lowest BCUT2D eigenvalue weighted by Crippen LogP contribution is -2.37. The van der Waals surface area contributed by atoms with Crippen molar-refractivity contribution in [1.29, 1.82) is 0 Å². The summed E-state index contributed by atoms with van der Waals surface area (Å²) in [6.45, 7) is 7.07. The van der Waals surface area contributed by atoms with Crippen LogP contribution in [0.4, 0.5) is 0 Å². The van der Waals surface area contributed by atoms with Crippen molar-refractivity contribution in [2.45, 2.75) is 58.2 Å². The summed E-state index contributed by atoms with van der Waals surface area (Å²) in [5.41, 5.74) is 2.68. The number of nitrogens with one attached hydrogen (secondary N) is 1. The summed E-state index contributed by atoms with van der Waals surface area (Å²) in [4.78, 5) is 0. The average molecular weight is 312 g/mol. The van der Waals surface area contributed by atoms with Crippen LogP contribution in [0.25, 0.3) is 0 Å². The number of aryl methyl sites for hydroxylation is 1. The lowest BCUT2D eigenvalue weighted by atomic mass is 10.0. The summed E-state index contributed by atoms with van der Waals surface area (Å²) in [5, 5.41) is 12.4. The summed E-state index contributed by atoms with van der Waals surface area (Å²) >= 11 is 0. The lowest BCUT2D eigenvalue weighted by molar-refractivity contribution is 0.356. The Morgan fingerprint density at radius 1 is 1.30 bits per heavy atom. The van der Waals surface area contributed by atoms with E-state index in [-0.39, 0.29) is 0 Å². The predicted molar refractivity (Wildman–Crippen MR) is 88.7 cm³/mol. The maximum atomic E-state index is 5.58. The van der Waals surface area contributed by atoms with Crippen LogP contribution < -0.4 is 10.1 Å². The monoisotopic (exact) mass is 312 g/mol. The van der Waals surface area contributed by atoms with E-state index < -0.39 is 0 Å². The van der Waals surface area contributed by atoms with E-state index in [2.05, 4.69) is 52.1 Å². The second-order valence-electron chi connectivity index (χ2n) is 6.90. The van der Waals surface area contributed by atoms with Crippen LogP contribution in [0.3, 0.4) is 0 Å². The number of rotatable bonds is 4. The Balaban J connectivity index is 1.41. The Hall–Kier alpha value is -1.88. The van der Waals surface area contributed by atoms with Gasteiger partial charge in [-0.1, -0.05) is 26.0 Å². The van der Waals surface area contributed by atoms with Gasteiger partial charge >= 0.3 is 0 Å². The number of hydrogen-bond donors (Lipinski definition) is 1. The van der Waals surface area contributed by atoms with Crippen molar-refractivity contribution in [1.82, 2.24) is 20.1 Å². The fourth-order valence-corrected chi connectivity index (χ4v) is 3.55. The van der Waals surface area contributed by atoms with Crippen molar-refractivity contribution in [3.8, 4) is 5.75 Å². The molecule has 0 unspecified atom stereocenters. The number of aromatic nitrogens is 3. The van der Waals surface area contributed by atoms with Crippen LogP contribution >= 0.6 is 0 Å². The topological polar surface area (TPSA) is 52.0 Å². The Kier molecular flexibility index (Phi) is 3.81. The normalized spacial score (nSPS) is 19.5. The van der Waals surface area contributed by atoms with E-state index in [1.165, 1.54) is 11.1 Å². The van der Waals surface area contributed by atoms with Crippen molar-refractivity contribution >= 4 is 0 Å². The van der Waals surface area contributed by atoms with E-state index in [0.717, 1.165) is 56.4 Å². The minimum absolute atomic E-state index is 0.423. The Bertz CT molecular complexity index is 707. The summed E-state index contributed by atoms with van der Waals surface area (Å²) in [7, 11) is 0. The van der Waals surface area contributed by atoms with Crippen LogP contribution in [-0.2, 0) is 25.9 Å². The third-order valence-electron chi connectivity index (χ3n) is 4.84. The van der Waals surface area contributed by atoms with Crippen LogP contribution in [0.5, 0.6) is 5.75 Å². The van der Waals surface area contributed by atoms with Crippen molar-refractivity contribution in [2.75, 3.05) is 6.61 Å². The molecule has 1 aromatic heterocycles. The Morgan fingerprint density at radius 3 is 3.09 bits per heavy atom. The third-order valence-corrected chi connectivity index (χ3v) is 4.84. The molecule has 1 atom stereocenters. The van der Waals surface area contributed by atoms with Gasteiger partial charge in [0.05, 0.1) is 6.61 Å². The van der Waals surface area contributed by atoms with Crippen LogP contribution in [0.15, 0.2) is 18.2 Å². The molecular formula is C18H24N4O. The van der Waals surface area contributed by atoms with E-state index >= 15 is 0 Å². The standard InChI is InChI=1S/C18H24N4O/c1-12(2)18-21-20-17-6-4-15(11-22(17)18)19-10-13-3-5-16-14(9-13)7-8-23-16/h3,5,9,12,15,19H,4,6-8,10-11H2,1-2H3/t15-/m0/s1. The van der Waals surface area contributed by atoms with Gasteiger partial charge in [0.2, 0.25) is 0 Å². The predicted octanol–water partition coefficient (Wildman–Crippen LogP) is 2.44. The number of fused-ring (bicyclic) bond motifs is 2. The third kappa shape index (κ3) is 2.85. The Morgan fingerprint density at radius 2 is 2.22 bits per heavy atom. The molecule has 122 valence electrons. The summed E-state index contributed by atoms with van der Waals surface area (Å²) in [6, 6.07) is 7.04. The van der Waals surface area contributed by atoms with Gasteiger partial charge in [0.15, 0.2) is 0 Å². The van der Waals surface area contributed by atoms with E-state index in [1.54, 1.807) is 0 Å². The van der Waals surface area contributed by atoms with E-state index in [0.29, 0.717) is 12.0 Å².